The number of anilines is 1. The monoisotopic (exact) mass is 609 g/mol. The fourth-order valence-electron chi connectivity index (χ4n) is 6.73. The van der Waals surface area contributed by atoms with Crippen molar-refractivity contribution in [2.45, 2.75) is 47.9 Å². The lowest BCUT2D eigenvalue weighted by Crippen LogP contribution is -2.55. The van der Waals surface area contributed by atoms with Gasteiger partial charge < -0.3 is 14.4 Å². The maximum absolute atomic E-state index is 14.2. The third kappa shape index (κ3) is 5.07. The summed E-state index contributed by atoms with van der Waals surface area (Å²) in [4.78, 5) is 28.9. The van der Waals surface area contributed by atoms with Gasteiger partial charge in [-0.1, -0.05) is 67.6 Å². The summed E-state index contributed by atoms with van der Waals surface area (Å²) in [5.74, 6) is -0.659. The predicted molar refractivity (Wildman–Crippen MR) is 168 cm³/mol. The third-order valence-corrected chi connectivity index (χ3v) is 10.5. The first-order valence-corrected chi connectivity index (χ1v) is 16.2. The van der Waals surface area contributed by atoms with Crippen LogP contribution in [0.2, 0.25) is 0 Å². The lowest BCUT2D eigenvalue weighted by Gasteiger charge is -2.51. The van der Waals surface area contributed by atoms with Crippen LogP contribution in [0, 0.1) is 0 Å². The molecule has 0 aliphatic carbocycles. The highest BCUT2D eigenvalue weighted by atomic mass is 32.2. The van der Waals surface area contributed by atoms with Gasteiger partial charge in [-0.2, -0.15) is 0 Å². The lowest BCUT2D eigenvalue weighted by molar-refractivity contribution is -0.0334. The number of nitrogens with zero attached hydrogens (tertiary/aromatic N) is 1. The molecule has 4 aromatic rings. The molecule has 226 valence electrons. The zero-order valence-electron chi connectivity index (χ0n) is 25.1. The van der Waals surface area contributed by atoms with Gasteiger partial charge in [0, 0.05) is 33.3 Å². The lowest BCUT2D eigenvalue weighted by atomic mass is 9.65. The molecule has 0 saturated carbocycles. The first kappa shape index (κ1) is 29.9. The Labute approximate surface area is 258 Å². The highest BCUT2D eigenvalue weighted by Crippen LogP contribution is 2.50. The minimum atomic E-state index is -3.96. The van der Waals surface area contributed by atoms with Crippen LogP contribution in [-0.2, 0) is 24.7 Å². The average molecular weight is 610 g/mol. The molecule has 7 nitrogen and oxygen atoms in total. The van der Waals surface area contributed by atoms with Crippen molar-refractivity contribution < 1.29 is 27.5 Å². The molecular weight excluding hydrogens is 574 g/mol. The van der Waals surface area contributed by atoms with Gasteiger partial charge in [0.2, 0.25) is 9.84 Å². The molecule has 3 heterocycles. The predicted octanol–water partition coefficient (Wildman–Crippen LogP) is 6.23. The van der Waals surface area contributed by atoms with Gasteiger partial charge in [-0.05, 0) is 67.8 Å². The largest absolute Gasteiger partial charge is 0.377 e. The number of carbonyl (C=O) groups is 2. The van der Waals surface area contributed by atoms with Crippen molar-refractivity contribution in [3.63, 3.8) is 0 Å². The van der Waals surface area contributed by atoms with E-state index in [1.165, 1.54) is 29.8 Å². The quantitative estimate of drug-likeness (QED) is 0.236. The number of amides is 1. The van der Waals surface area contributed by atoms with Crippen LogP contribution in [0.25, 0.3) is 0 Å². The van der Waals surface area contributed by atoms with Crippen molar-refractivity contribution in [1.29, 1.82) is 0 Å². The van der Waals surface area contributed by atoms with Gasteiger partial charge >= 0.3 is 0 Å². The molecule has 0 bridgehead atoms. The van der Waals surface area contributed by atoms with Gasteiger partial charge in [0.1, 0.15) is 0 Å². The molecule has 0 radical (unpaired) electrons. The van der Waals surface area contributed by atoms with E-state index in [-0.39, 0.29) is 43.6 Å². The fraction of sp³-hybridized carbons (Fsp3) is 0.278. The molecule has 4 aromatic carbocycles. The molecular formula is C36H35NO6S. The van der Waals surface area contributed by atoms with Crippen LogP contribution >= 0.6 is 0 Å². The number of para-hydroxylation sites is 1. The summed E-state index contributed by atoms with van der Waals surface area (Å²) in [7, 11) is -3.96. The molecule has 7 rings (SSSR count). The molecule has 1 atom stereocenters. The number of carbonyl (C=O) groups excluding carboxylic acids is 2. The van der Waals surface area contributed by atoms with Crippen LogP contribution in [0.5, 0.6) is 0 Å². The van der Waals surface area contributed by atoms with Crippen molar-refractivity contribution in [3.05, 3.63) is 125 Å². The van der Waals surface area contributed by atoms with E-state index in [2.05, 4.69) is 25.1 Å². The zero-order chi connectivity index (χ0) is 31.1. The summed E-state index contributed by atoms with van der Waals surface area (Å²) in [6.45, 7) is 9.40. The zero-order valence-corrected chi connectivity index (χ0v) is 25.9. The average Bonchev–Trinajstić information content (AvgIpc) is 3.05. The molecule has 0 spiro atoms. The number of hydrogen-bond donors (Lipinski definition) is 0. The third-order valence-electron chi connectivity index (χ3n) is 8.67. The second-order valence-corrected chi connectivity index (χ2v) is 14.0. The van der Waals surface area contributed by atoms with E-state index in [0.29, 0.717) is 6.42 Å². The Hall–Kier alpha value is -4.11. The van der Waals surface area contributed by atoms with Crippen molar-refractivity contribution in [3.8, 4) is 0 Å². The molecule has 1 fully saturated rings. The number of ketones is 1. The van der Waals surface area contributed by atoms with E-state index in [9.17, 15) is 18.0 Å². The van der Waals surface area contributed by atoms with Gasteiger partial charge in [0.15, 0.2) is 5.78 Å². The summed E-state index contributed by atoms with van der Waals surface area (Å²) >= 11 is 0. The number of sulfone groups is 1. The van der Waals surface area contributed by atoms with E-state index in [1.807, 2.05) is 50.2 Å². The van der Waals surface area contributed by atoms with Gasteiger partial charge in [0.25, 0.3) is 5.91 Å². The smallest absolute Gasteiger partial charge is 0.258 e. The Balaban J connectivity index is 0.000000513. The fourth-order valence-corrected chi connectivity index (χ4v) is 8.41. The van der Waals surface area contributed by atoms with E-state index in [4.69, 9.17) is 9.47 Å². The Morgan fingerprint density at radius 2 is 1.32 bits per heavy atom. The minimum Gasteiger partial charge on any atom is -0.377 e. The number of fused-ring (bicyclic) bond motifs is 3. The molecule has 3 aliphatic rings. The Morgan fingerprint density at radius 1 is 0.727 bits per heavy atom. The van der Waals surface area contributed by atoms with Crippen molar-refractivity contribution in [2.75, 3.05) is 31.3 Å². The number of benzene rings is 4. The summed E-state index contributed by atoms with van der Waals surface area (Å²) in [6.07, 6.45) is 0.669. The maximum Gasteiger partial charge on any atom is 0.258 e. The van der Waals surface area contributed by atoms with E-state index >= 15 is 0 Å². The standard InChI is InChI=1S/C32H27NO4S.C4H8O2/c1-31(2)20-32(3,22-11-5-4-6-12-22)25-14-8-9-15-26(25)33(31)30(35)21-17-18-24-28(19-21)38(36,37)27-16-10-7-13-23(27)29(24)34;1-2-6-4-3-5-1/h4-19H,20H2,1-3H3;1-4H2. The number of hydrogen-bond acceptors (Lipinski definition) is 6. The normalized spacial score (nSPS) is 21.2. The first-order valence-electron chi connectivity index (χ1n) is 14.7. The molecule has 8 heteroatoms. The molecule has 0 aromatic heterocycles. The van der Waals surface area contributed by atoms with Gasteiger partial charge in [0.05, 0.1) is 36.2 Å². The second-order valence-electron chi connectivity index (χ2n) is 12.1. The SMILES string of the molecule is C1COCCO1.CC1(c2ccccc2)CC(C)(C)N(C(=O)c2ccc3c(c2)S(=O)(=O)c2ccccc2C3=O)c2ccccc21. The van der Waals surface area contributed by atoms with Crippen LogP contribution in [0.3, 0.4) is 0 Å². The van der Waals surface area contributed by atoms with Crippen molar-refractivity contribution >= 4 is 27.2 Å². The van der Waals surface area contributed by atoms with E-state index in [1.54, 1.807) is 23.1 Å². The van der Waals surface area contributed by atoms with E-state index < -0.39 is 15.4 Å². The minimum absolute atomic E-state index is 0.0237. The molecule has 1 unspecified atom stereocenters. The van der Waals surface area contributed by atoms with Crippen LogP contribution in [0.1, 0.15) is 64.6 Å². The van der Waals surface area contributed by atoms with E-state index in [0.717, 1.165) is 37.7 Å². The number of ether oxygens (including phenoxy) is 2. The molecule has 0 N–H and O–H groups in total. The highest BCUT2D eigenvalue weighted by Gasteiger charge is 2.48. The Bertz CT molecular complexity index is 1830. The Morgan fingerprint density at radius 3 is 2.00 bits per heavy atom. The molecule has 3 aliphatic heterocycles. The maximum atomic E-state index is 14.2. The topological polar surface area (TPSA) is 90.0 Å². The summed E-state index contributed by atoms with van der Waals surface area (Å²) < 4.78 is 36.9. The summed E-state index contributed by atoms with van der Waals surface area (Å²) in [5.41, 5.74) is 2.56. The molecule has 1 saturated heterocycles. The van der Waals surface area contributed by atoms with Crippen LogP contribution in [0.15, 0.2) is 107 Å². The van der Waals surface area contributed by atoms with Crippen LogP contribution in [-0.4, -0.2) is 52.1 Å². The number of rotatable bonds is 2. The van der Waals surface area contributed by atoms with Gasteiger partial charge in [-0.15, -0.1) is 0 Å². The van der Waals surface area contributed by atoms with Crippen LogP contribution < -0.4 is 4.90 Å². The molecule has 1 amide bonds. The highest BCUT2D eigenvalue weighted by molar-refractivity contribution is 7.91. The van der Waals surface area contributed by atoms with Gasteiger partial charge in [-0.3, -0.25) is 9.59 Å². The second kappa shape index (κ2) is 11.4. The Kier molecular flexibility index (Phi) is 7.78. The van der Waals surface area contributed by atoms with Crippen molar-refractivity contribution in [2.24, 2.45) is 0 Å². The van der Waals surface area contributed by atoms with Crippen molar-refractivity contribution in [1.82, 2.24) is 0 Å². The first-order chi connectivity index (χ1) is 21.1. The summed E-state index contributed by atoms with van der Waals surface area (Å²) in [6, 6.07) is 28.8. The van der Waals surface area contributed by atoms with Gasteiger partial charge in [-0.25, -0.2) is 8.42 Å². The van der Waals surface area contributed by atoms with Crippen LogP contribution in [0.4, 0.5) is 5.69 Å². The molecule has 44 heavy (non-hydrogen) atoms. The summed E-state index contributed by atoms with van der Waals surface area (Å²) in [5, 5.41) is 0.